The maximum Gasteiger partial charge on any atom is 0.237 e. The Bertz CT molecular complexity index is 184. The minimum absolute atomic E-state index is 0.0978. The van der Waals surface area contributed by atoms with Crippen molar-refractivity contribution in [3.05, 3.63) is 0 Å². The molecule has 0 aromatic rings. The van der Waals surface area contributed by atoms with Crippen molar-refractivity contribution < 1.29 is 4.79 Å². The Labute approximate surface area is 86.0 Å². The molecule has 1 aliphatic heterocycles. The lowest BCUT2D eigenvalue weighted by Crippen LogP contribution is -2.55. The van der Waals surface area contributed by atoms with Crippen LogP contribution in [0.5, 0.6) is 0 Å². The fourth-order valence-electron chi connectivity index (χ4n) is 1.93. The van der Waals surface area contributed by atoms with Crippen LogP contribution in [0.3, 0.4) is 0 Å². The van der Waals surface area contributed by atoms with E-state index in [-0.39, 0.29) is 11.9 Å². The number of piperazine rings is 1. The van der Waals surface area contributed by atoms with Crippen molar-refractivity contribution in [2.75, 3.05) is 33.2 Å². The van der Waals surface area contributed by atoms with E-state index in [1.54, 1.807) is 0 Å². The van der Waals surface area contributed by atoms with E-state index in [9.17, 15) is 4.79 Å². The Morgan fingerprint density at radius 1 is 1.64 bits per heavy atom. The number of carbonyl (C=O) groups excluding carboxylic acids is 1. The van der Waals surface area contributed by atoms with Crippen molar-refractivity contribution in [1.82, 2.24) is 15.5 Å². The molecule has 0 bridgehead atoms. The Morgan fingerprint density at radius 3 is 3.07 bits per heavy atom. The number of carbonyl (C=O) groups is 1. The minimum atomic E-state index is 0.0978. The zero-order chi connectivity index (χ0) is 10.4. The first-order valence-electron chi connectivity index (χ1n) is 5.46. The molecule has 1 fully saturated rings. The van der Waals surface area contributed by atoms with Gasteiger partial charge in [0.2, 0.25) is 5.91 Å². The summed E-state index contributed by atoms with van der Waals surface area (Å²) < 4.78 is 0. The average Bonchev–Trinajstić information content (AvgIpc) is 2.18. The quantitative estimate of drug-likeness (QED) is 0.603. The second-order valence-electron chi connectivity index (χ2n) is 3.71. The SMILES string of the molecule is CCC1C(=O)NCCN1CCCNC. The van der Waals surface area contributed by atoms with Crippen LogP contribution in [0.25, 0.3) is 0 Å². The lowest BCUT2D eigenvalue weighted by molar-refractivity contribution is -0.129. The van der Waals surface area contributed by atoms with Crippen LogP contribution in [0.2, 0.25) is 0 Å². The summed E-state index contributed by atoms with van der Waals surface area (Å²) in [7, 11) is 1.96. The first-order chi connectivity index (χ1) is 6.79. The summed E-state index contributed by atoms with van der Waals surface area (Å²) in [6, 6.07) is 0.0978. The third kappa shape index (κ3) is 2.96. The van der Waals surface area contributed by atoms with E-state index >= 15 is 0 Å². The van der Waals surface area contributed by atoms with Crippen LogP contribution in [0.4, 0.5) is 0 Å². The van der Waals surface area contributed by atoms with Gasteiger partial charge in [-0.2, -0.15) is 0 Å². The highest BCUT2D eigenvalue weighted by molar-refractivity contribution is 5.82. The van der Waals surface area contributed by atoms with Crippen molar-refractivity contribution in [2.24, 2.45) is 0 Å². The summed E-state index contributed by atoms with van der Waals surface area (Å²) in [5, 5.41) is 6.03. The molecular formula is C10H21N3O. The number of nitrogens with one attached hydrogen (secondary N) is 2. The number of hydrogen-bond acceptors (Lipinski definition) is 3. The van der Waals surface area contributed by atoms with Gasteiger partial charge < -0.3 is 10.6 Å². The van der Waals surface area contributed by atoms with E-state index in [2.05, 4.69) is 22.5 Å². The van der Waals surface area contributed by atoms with Crippen LogP contribution in [0, 0.1) is 0 Å². The average molecular weight is 199 g/mol. The third-order valence-electron chi connectivity index (χ3n) is 2.70. The van der Waals surface area contributed by atoms with Gasteiger partial charge in [0.05, 0.1) is 6.04 Å². The first-order valence-corrected chi connectivity index (χ1v) is 5.46. The molecule has 0 aliphatic carbocycles. The molecule has 1 unspecified atom stereocenters. The highest BCUT2D eigenvalue weighted by Gasteiger charge is 2.26. The van der Waals surface area contributed by atoms with Gasteiger partial charge in [0.1, 0.15) is 0 Å². The van der Waals surface area contributed by atoms with Crippen LogP contribution in [-0.4, -0.2) is 50.1 Å². The van der Waals surface area contributed by atoms with Gasteiger partial charge in [0.15, 0.2) is 0 Å². The summed E-state index contributed by atoms with van der Waals surface area (Å²) in [5.74, 6) is 0.197. The van der Waals surface area contributed by atoms with Crippen molar-refractivity contribution in [2.45, 2.75) is 25.8 Å². The smallest absolute Gasteiger partial charge is 0.237 e. The highest BCUT2D eigenvalue weighted by atomic mass is 16.2. The molecule has 1 heterocycles. The lowest BCUT2D eigenvalue weighted by Gasteiger charge is -2.34. The summed E-state index contributed by atoms with van der Waals surface area (Å²) in [4.78, 5) is 13.8. The van der Waals surface area contributed by atoms with Gasteiger partial charge in [0, 0.05) is 19.6 Å². The van der Waals surface area contributed by atoms with Crippen molar-refractivity contribution in [3.8, 4) is 0 Å². The molecule has 1 saturated heterocycles. The normalized spacial score (nSPS) is 23.6. The molecule has 0 spiro atoms. The largest absolute Gasteiger partial charge is 0.353 e. The lowest BCUT2D eigenvalue weighted by atomic mass is 10.1. The molecule has 1 rings (SSSR count). The Balaban J connectivity index is 2.36. The van der Waals surface area contributed by atoms with Gasteiger partial charge in [0.25, 0.3) is 0 Å². The Kier molecular flexibility index (Phi) is 4.90. The van der Waals surface area contributed by atoms with E-state index in [1.165, 1.54) is 0 Å². The van der Waals surface area contributed by atoms with E-state index < -0.39 is 0 Å². The van der Waals surface area contributed by atoms with Crippen molar-refractivity contribution in [1.29, 1.82) is 0 Å². The van der Waals surface area contributed by atoms with Gasteiger partial charge in [-0.05, 0) is 26.4 Å². The molecule has 0 radical (unpaired) electrons. The number of hydrogen-bond donors (Lipinski definition) is 2. The zero-order valence-electron chi connectivity index (χ0n) is 9.18. The van der Waals surface area contributed by atoms with E-state index in [1.807, 2.05) is 7.05 Å². The zero-order valence-corrected chi connectivity index (χ0v) is 9.18. The van der Waals surface area contributed by atoms with E-state index in [0.717, 1.165) is 39.0 Å². The predicted molar refractivity (Wildman–Crippen MR) is 57.2 cm³/mol. The molecule has 0 aromatic heterocycles. The van der Waals surface area contributed by atoms with Crippen LogP contribution >= 0.6 is 0 Å². The van der Waals surface area contributed by atoms with Crippen molar-refractivity contribution in [3.63, 3.8) is 0 Å². The second-order valence-corrected chi connectivity index (χ2v) is 3.71. The van der Waals surface area contributed by atoms with Gasteiger partial charge >= 0.3 is 0 Å². The maximum absolute atomic E-state index is 11.5. The van der Waals surface area contributed by atoms with Gasteiger partial charge in [-0.25, -0.2) is 0 Å². The van der Waals surface area contributed by atoms with Crippen LogP contribution in [0.1, 0.15) is 19.8 Å². The van der Waals surface area contributed by atoms with Crippen LogP contribution in [-0.2, 0) is 4.79 Å². The number of nitrogens with zero attached hydrogens (tertiary/aromatic N) is 1. The molecule has 4 heteroatoms. The predicted octanol–water partition coefficient (Wildman–Crippen LogP) is -0.194. The summed E-state index contributed by atoms with van der Waals surface area (Å²) in [6.45, 7) is 5.91. The highest BCUT2D eigenvalue weighted by Crippen LogP contribution is 2.08. The monoisotopic (exact) mass is 199 g/mol. The Hall–Kier alpha value is -0.610. The van der Waals surface area contributed by atoms with Gasteiger partial charge in [-0.1, -0.05) is 6.92 Å². The standard InChI is InChI=1S/C10H21N3O/c1-3-9-10(14)12-6-8-13(9)7-4-5-11-2/h9,11H,3-8H2,1-2H3,(H,12,14). The molecule has 0 saturated carbocycles. The summed E-state index contributed by atoms with van der Waals surface area (Å²) in [6.07, 6.45) is 2.02. The molecular weight excluding hydrogens is 178 g/mol. The van der Waals surface area contributed by atoms with Crippen LogP contribution < -0.4 is 10.6 Å². The first kappa shape index (κ1) is 11.5. The molecule has 1 atom stereocenters. The number of rotatable bonds is 5. The number of amides is 1. The molecule has 4 nitrogen and oxygen atoms in total. The molecule has 82 valence electrons. The molecule has 1 amide bonds. The fraction of sp³-hybridized carbons (Fsp3) is 0.900. The van der Waals surface area contributed by atoms with Crippen molar-refractivity contribution >= 4 is 5.91 Å². The van der Waals surface area contributed by atoms with Crippen LogP contribution in [0.15, 0.2) is 0 Å². The topological polar surface area (TPSA) is 44.4 Å². The van der Waals surface area contributed by atoms with E-state index in [4.69, 9.17) is 0 Å². The van der Waals surface area contributed by atoms with E-state index in [0.29, 0.717) is 0 Å². The van der Waals surface area contributed by atoms with Gasteiger partial charge in [-0.3, -0.25) is 9.69 Å². The Morgan fingerprint density at radius 2 is 2.43 bits per heavy atom. The minimum Gasteiger partial charge on any atom is -0.353 e. The molecule has 2 N–H and O–H groups in total. The molecule has 14 heavy (non-hydrogen) atoms. The van der Waals surface area contributed by atoms with Gasteiger partial charge in [-0.15, -0.1) is 0 Å². The maximum atomic E-state index is 11.5. The fourth-order valence-corrected chi connectivity index (χ4v) is 1.93. The summed E-state index contributed by atoms with van der Waals surface area (Å²) in [5.41, 5.74) is 0. The summed E-state index contributed by atoms with van der Waals surface area (Å²) >= 11 is 0. The second kappa shape index (κ2) is 5.98. The molecule has 0 aromatic carbocycles. The third-order valence-corrected chi connectivity index (χ3v) is 2.70. The molecule has 1 aliphatic rings.